The summed E-state index contributed by atoms with van der Waals surface area (Å²) in [4.78, 5) is 0. The molecule has 0 radical (unpaired) electrons. The van der Waals surface area contributed by atoms with Gasteiger partial charge < -0.3 is 14.8 Å². The van der Waals surface area contributed by atoms with Crippen LogP contribution in [0.1, 0.15) is 22.3 Å². The van der Waals surface area contributed by atoms with Crippen molar-refractivity contribution in [2.24, 2.45) is 0 Å². The number of aryl methyl sites for hydroxylation is 3. The summed E-state index contributed by atoms with van der Waals surface area (Å²) in [6.45, 7) is 6.47. The van der Waals surface area contributed by atoms with Crippen LogP contribution in [0, 0.1) is 20.8 Å². The van der Waals surface area contributed by atoms with Gasteiger partial charge in [-0.25, -0.2) is 0 Å². The van der Waals surface area contributed by atoms with E-state index in [9.17, 15) is 10.0 Å². The molecule has 0 aromatic heterocycles. The van der Waals surface area contributed by atoms with Gasteiger partial charge in [0.2, 0.25) is 0 Å². The average molecular weight is 270 g/mol. The molecular weight excluding hydrogens is 251 g/mol. The highest BCUT2D eigenvalue weighted by Gasteiger charge is 2.13. The Morgan fingerprint density at radius 2 is 1.60 bits per heavy atom. The van der Waals surface area contributed by atoms with Crippen molar-refractivity contribution in [3.63, 3.8) is 0 Å². The predicted molar refractivity (Wildman–Crippen MR) is 81.3 cm³/mol. The summed E-state index contributed by atoms with van der Waals surface area (Å²) < 4.78 is 5.75. The van der Waals surface area contributed by atoms with Gasteiger partial charge in [0.15, 0.2) is 0 Å². The first-order valence-corrected chi connectivity index (χ1v) is 6.62. The van der Waals surface area contributed by atoms with Gasteiger partial charge in [-0.05, 0) is 49.5 Å². The average Bonchev–Trinajstić information content (AvgIpc) is 2.35. The van der Waals surface area contributed by atoms with Crippen molar-refractivity contribution < 1.29 is 14.8 Å². The first-order chi connectivity index (χ1) is 9.45. The van der Waals surface area contributed by atoms with E-state index in [4.69, 9.17) is 4.74 Å². The molecule has 4 heteroatoms. The summed E-state index contributed by atoms with van der Waals surface area (Å²) in [5.74, 6) is 0.728. The zero-order chi connectivity index (χ0) is 14.7. The molecule has 0 atom stereocenters. The molecule has 3 nitrogen and oxygen atoms in total. The standard InChI is InChI=1S/C16H19BO3/c1-11-6-12(2)8-14(7-11)10-20-15-4-5-16(17(18)19)13(3)9-15/h4-9,18-19H,10H2,1-3H3. The largest absolute Gasteiger partial charge is 0.489 e. The second kappa shape index (κ2) is 6.12. The Kier molecular flexibility index (Phi) is 4.48. The highest BCUT2D eigenvalue weighted by Crippen LogP contribution is 2.15. The molecule has 2 aromatic rings. The first-order valence-electron chi connectivity index (χ1n) is 6.62. The fourth-order valence-corrected chi connectivity index (χ4v) is 2.35. The van der Waals surface area contributed by atoms with Gasteiger partial charge in [0.25, 0.3) is 0 Å². The zero-order valence-electron chi connectivity index (χ0n) is 12.1. The Morgan fingerprint density at radius 1 is 0.950 bits per heavy atom. The van der Waals surface area contributed by atoms with Crippen molar-refractivity contribution in [3.8, 4) is 5.75 Å². The molecule has 0 bridgehead atoms. The molecule has 104 valence electrons. The van der Waals surface area contributed by atoms with Crippen LogP contribution in [0.4, 0.5) is 0 Å². The van der Waals surface area contributed by atoms with Crippen molar-refractivity contribution >= 4 is 12.6 Å². The second-order valence-electron chi connectivity index (χ2n) is 5.18. The zero-order valence-corrected chi connectivity index (χ0v) is 12.1. The molecule has 0 amide bonds. The Hall–Kier alpha value is -1.78. The van der Waals surface area contributed by atoms with Crippen molar-refractivity contribution in [2.45, 2.75) is 27.4 Å². The van der Waals surface area contributed by atoms with Crippen LogP contribution in [0.2, 0.25) is 0 Å². The maximum absolute atomic E-state index is 9.18. The molecule has 0 aliphatic heterocycles. The van der Waals surface area contributed by atoms with E-state index < -0.39 is 7.12 Å². The summed E-state index contributed by atoms with van der Waals surface area (Å²) >= 11 is 0. The van der Waals surface area contributed by atoms with E-state index in [2.05, 4.69) is 32.0 Å². The van der Waals surface area contributed by atoms with Gasteiger partial charge in [-0.1, -0.05) is 35.4 Å². The van der Waals surface area contributed by atoms with Gasteiger partial charge in [-0.2, -0.15) is 0 Å². The Morgan fingerprint density at radius 3 is 2.15 bits per heavy atom. The van der Waals surface area contributed by atoms with E-state index in [0.717, 1.165) is 16.9 Å². The molecule has 2 rings (SSSR count). The van der Waals surface area contributed by atoms with Crippen LogP contribution in [-0.2, 0) is 6.61 Å². The normalized spacial score (nSPS) is 10.4. The summed E-state index contributed by atoms with van der Waals surface area (Å²) in [6.07, 6.45) is 0. The third-order valence-electron chi connectivity index (χ3n) is 3.21. The fraction of sp³-hybridized carbons (Fsp3) is 0.250. The molecule has 0 saturated heterocycles. The molecule has 20 heavy (non-hydrogen) atoms. The van der Waals surface area contributed by atoms with Crippen LogP contribution in [0.3, 0.4) is 0 Å². The lowest BCUT2D eigenvalue weighted by Gasteiger charge is -2.11. The van der Waals surface area contributed by atoms with E-state index in [1.54, 1.807) is 12.1 Å². The maximum atomic E-state index is 9.18. The van der Waals surface area contributed by atoms with Crippen LogP contribution in [0.15, 0.2) is 36.4 Å². The summed E-state index contributed by atoms with van der Waals surface area (Å²) in [6, 6.07) is 11.6. The molecule has 2 N–H and O–H groups in total. The van der Waals surface area contributed by atoms with Crippen LogP contribution in [0.25, 0.3) is 0 Å². The lowest BCUT2D eigenvalue weighted by atomic mass is 9.77. The van der Waals surface area contributed by atoms with Crippen molar-refractivity contribution in [2.75, 3.05) is 0 Å². The highest BCUT2D eigenvalue weighted by atomic mass is 16.5. The van der Waals surface area contributed by atoms with Crippen LogP contribution >= 0.6 is 0 Å². The van der Waals surface area contributed by atoms with Gasteiger partial charge in [0, 0.05) is 0 Å². The SMILES string of the molecule is Cc1cc(C)cc(COc2ccc(B(O)O)c(C)c2)c1. The highest BCUT2D eigenvalue weighted by molar-refractivity contribution is 6.59. The minimum Gasteiger partial charge on any atom is -0.489 e. The monoisotopic (exact) mass is 270 g/mol. The molecule has 0 heterocycles. The minimum atomic E-state index is -1.44. The van der Waals surface area contributed by atoms with Crippen molar-refractivity contribution in [1.29, 1.82) is 0 Å². The summed E-state index contributed by atoms with van der Waals surface area (Å²) in [5, 5.41) is 18.4. The summed E-state index contributed by atoms with van der Waals surface area (Å²) in [5.41, 5.74) is 4.88. The fourth-order valence-electron chi connectivity index (χ4n) is 2.35. The van der Waals surface area contributed by atoms with Crippen molar-refractivity contribution in [3.05, 3.63) is 58.7 Å². The molecule has 0 fully saturated rings. The number of benzene rings is 2. The number of rotatable bonds is 4. The van der Waals surface area contributed by atoms with Crippen LogP contribution < -0.4 is 10.2 Å². The lowest BCUT2D eigenvalue weighted by molar-refractivity contribution is 0.306. The number of hydrogen-bond acceptors (Lipinski definition) is 3. The maximum Gasteiger partial charge on any atom is 0.488 e. The van der Waals surface area contributed by atoms with Crippen LogP contribution in [-0.4, -0.2) is 17.2 Å². The minimum absolute atomic E-state index is 0.503. The molecule has 0 unspecified atom stereocenters. The lowest BCUT2D eigenvalue weighted by Crippen LogP contribution is -2.31. The quantitative estimate of drug-likeness (QED) is 0.834. The molecular formula is C16H19BO3. The topological polar surface area (TPSA) is 49.7 Å². The molecule has 0 saturated carbocycles. The predicted octanol–water partition coefficient (Wildman–Crippen LogP) is 1.87. The summed E-state index contributed by atoms with van der Waals surface area (Å²) in [7, 11) is -1.44. The van der Waals surface area contributed by atoms with Gasteiger partial charge in [0.05, 0.1) is 0 Å². The van der Waals surface area contributed by atoms with Gasteiger partial charge in [-0.3, -0.25) is 0 Å². The molecule has 2 aromatic carbocycles. The van der Waals surface area contributed by atoms with Crippen LogP contribution in [0.5, 0.6) is 5.75 Å². The van der Waals surface area contributed by atoms with Gasteiger partial charge in [-0.15, -0.1) is 0 Å². The third-order valence-corrected chi connectivity index (χ3v) is 3.21. The van der Waals surface area contributed by atoms with Crippen molar-refractivity contribution in [1.82, 2.24) is 0 Å². The molecule has 0 aliphatic rings. The Labute approximate surface area is 120 Å². The smallest absolute Gasteiger partial charge is 0.488 e. The third kappa shape index (κ3) is 3.62. The van der Waals surface area contributed by atoms with E-state index in [1.807, 2.05) is 13.0 Å². The van der Waals surface area contributed by atoms with E-state index in [-0.39, 0.29) is 0 Å². The van der Waals surface area contributed by atoms with E-state index in [1.165, 1.54) is 11.1 Å². The first kappa shape index (κ1) is 14.6. The molecule has 0 spiro atoms. The Bertz CT molecular complexity index is 588. The van der Waals surface area contributed by atoms with E-state index >= 15 is 0 Å². The second-order valence-corrected chi connectivity index (χ2v) is 5.18. The van der Waals surface area contributed by atoms with Gasteiger partial charge in [0.1, 0.15) is 12.4 Å². The number of ether oxygens (including phenoxy) is 1. The molecule has 0 aliphatic carbocycles. The Balaban J connectivity index is 2.09. The van der Waals surface area contributed by atoms with Gasteiger partial charge >= 0.3 is 7.12 Å². The van der Waals surface area contributed by atoms with E-state index in [0.29, 0.717) is 12.1 Å². The number of hydrogen-bond donors (Lipinski definition) is 2.